The molecule has 0 saturated heterocycles. The molecule has 116 valence electrons. The summed E-state index contributed by atoms with van der Waals surface area (Å²) in [6.45, 7) is 11.4. The van der Waals surface area contributed by atoms with E-state index in [-0.39, 0.29) is 5.97 Å². The molecule has 1 atom stereocenters. The van der Waals surface area contributed by atoms with Crippen molar-refractivity contribution in [1.82, 2.24) is 0 Å². The van der Waals surface area contributed by atoms with E-state index in [2.05, 4.69) is 32.0 Å². The maximum atomic E-state index is 12.1. The lowest BCUT2D eigenvalue weighted by atomic mass is 9.97. The second-order valence-electron chi connectivity index (χ2n) is 6.89. The van der Waals surface area contributed by atoms with Crippen LogP contribution in [0.1, 0.15) is 50.8 Å². The van der Waals surface area contributed by atoms with Crippen molar-refractivity contribution in [2.75, 3.05) is 0 Å². The van der Waals surface area contributed by atoms with Gasteiger partial charge < -0.3 is 10.5 Å². The minimum atomic E-state index is -1.01. The van der Waals surface area contributed by atoms with E-state index in [0.717, 1.165) is 5.56 Å². The first-order chi connectivity index (χ1) is 9.51. The number of benzene rings is 1. The number of esters is 1. The maximum absolute atomic E-state index is 12.1. The van der Waals surface area contributed by atoms with Gasteiger partial charge in [-0.1, -0.05) is 35.9 Å². The number of ether oxygens (including phenoxy) is 1. The third kappa shape index (κ3) is 5.72. The molecule has 0 unspecified atom stereocenters. The van der Waals surface area contributed by atoms with Crippen LogP contribution in [0.5, 0.6) is 0 Å². The van der Waals surface area contributed by atoms with Gasteiger partial charge in [-0.2, -0.15) is 0 Å². The van der Waals surface area contributed by atoms with Crippen molar-refractivity contribution in [3.8, 4) is 0 Å². The Bertz CT molecular complexity index is 537. The van der Waals surface area contributed by atoms with Gasteiger partial charge in [0.1, 0.15) is 11.1 Å². The predicted molar refractivity (Wildman–Crippen MR) is 88.0 cm³/mol. The summed E-state index contributed by atoms with van der Waals surface area (Å²) in [6.07, 6.45) is 4.38. The molecular formula is C18H27NO2. The summed E-state index contributed by atoms with van der Waals surface area (Å²) in [5, 5.41) is 0. The molecule has 2 N–H and O–H groups in total. The van der Waals surface area contributed by atoms with Gasteiger partial charge in [0.2, 0.25) is 0 Å². The van der Waals surface area contributed by atoms with Crippen LogP contribution in [0, 0.1) is 13.8 Å². The smallest absolute Gasteiger partial charge is 0.326 e. The molecule has 0 aliphatic rings. The van der Waals surface area contributed by atoms with Crippen molar-refractivity contribution >= 4 is 12.0 Å². The van der Waals surface area contributed by atoms with Crippen LogP contribution in [0.25, 0.3) is 6.08 Å². The van der Waals surface area contributed by atoms with E-state index in [9.17, 15) is 4.79 Å². The fourth-order valence-corrected chi connectivity index (χ4v) is 1.92. The molecule has 0 aliphatic carbocycles. The van der Waals surface area contributed by atoms with Gasteiger partial charge in [0.15, 0.2) is 0 Å². The zero-order valence-electron chi connectivity index (χ0n) is 14.0. The number of hydrogen-bond acceptors (Lipinski definition) is 3. The van der Waals surface area contributed by atoms with Gasteiger partial charge in [0.05, 0.1) is 0 Å². The van der Waals surface area contributed by atoms with E-state index in [4.69, 9.17) is 10.5 Å². The normalized spacial score (nSPS) is 15.0. The molecular weight excluding hydrogens is 262 g/mol. The van der Waals surface area contributed by atoms with Crippen molar-refractivity contribution in [2.24, 2.45) is 5.73 Å². The quantitative estimate of drug-likeness (QED) is 0.858. The predicted octanol–water partition coefficient (Wildman–Crippen LogP) is 3.77. The molecule has 1 aromatic carbocycles. The van der Waals surface area contributed by atoms with Crippen molar-refractivity contribution in [3.05, 3.63) is 41.0 Å². The monoisotopic (exact) mass is 289 g/mol. The molecule has 0 radical (unpaired) electrons. The molecule has 21 heavy (non-hydrogen) atoms. The number of nitrogens with two attached hydrogens (primary N) is 1. The molecule has 0 aromatic heterocycles. The molecule has 0 amide bonds. The van der Waals surface area contributed by atoms with Crippen LogP contribution in [0.2, 0.25) is 0 Å². The lowest BCUT2D eigenvalue weighted by Gasteiger charge is -2.27. The second kappa shape index (κ2) is 6.44. The highest BCUT2D eigenvalue weighted by atomic mass is 16.6. The topological polar surface area (TPSA) is 52.3 Å². The Balaban J connectivity index is 2.72. The van der Waals surface area contributed by atoms with Gasteiger partial charge in [-0.05, 0) is 59.1 Å². The Morgan fingerprint density at radius 2 is 1.86 bits per heavy atom. The number of carbonyl (C=O) groups is 1. The van der Waals surface area contributed by atoms with E-state index in [1.54, 1.807) is 6.92 Å². The van der Waals surface area contributed by atoms with Gasteiger partial charge in [0.25, 0.3) is 0 Å². The lowest BCUT2D eigenvalue weighted by Crippen LogP contribution is -2.48. The average molecular weight is 289 g/mol. The van der Waals surface area contributed by atoms with E-state index >= 15 is 0 Å². The van der Waals surface area contributed by atoms with Gasteiger partial charge in [-0.25, -0.2) is 0 Å². The van der Waals surface area contributed by atoms with E-state index < -0.39 is 11.1 Å². The van der Waals surface area contributed by atoms with E-state index in [1.165, 1.54) is 11.1 Å². The first kappa shape index (κ1) is 17.4. The van der Waals surface area contributed by atoms with Crippen LogP contribution >= 0.6 is 0 Å². The van der Waals surface area contributed by atoms with Gasteiger partial charge in [-0.3, -0.25) is 4.79 Å². The molecule has 0 fully saturated rings. The van der Waals surface area contributed by atoms with Crippen LogP contribution in [0.3, 0.4) is 0 Å². The third-order valence-electron chi connectivity index (χ3n) is 3.13. The molecule has 3 nitrogen and oxygen atoms in total. The zero-order valence-corrected chi connectivity index (χ0v) is 14.0. The van der Waals surface area contributed by atoms with Crippen LogP contribution < -0.4 is 5.73 Å². The van der Waals surface area contributed by atoms with Crippen LogP contribution in [0.4, 0.5) is 0 Å². The van der Waals surface area contributed by atoms with Crippen LogP contribution in [0.15, 0.2) is 24.3 Å². The highest BCUT2D eigenvalue weighted by Crippen LogP contribution is 2.18. The standard InChI is InChI=1S/C18H27NO2/c1-13-9-10-15(14(2)12-13)8-7-11-18(6,19)16(20)21-17(3,4)5/h7-10,12H,11,19H2,1-6H3/b8-7+/t18-/m0/s1. The van der Waals surface area contributed by atoms with Crippen molar-refractivity contribution in [2.45, 2.75) is 59.1 Å². The van der Waals surface area contributed by atoms with Crippen molar-refractivity contribution in [3.63, 3.8) is 0 Å². The SMILES string of the molecule is Cc1ccc(/C=C/C[C@](C)(N)C(=O)OC(C)(C)C)c(C)c1. The first-order valence-electron chi connectivity index (χ1n) is 7.27. The minimum Gasteiger partial charge on any atom is -0.459 e. The summed E-state index contributed by atoms with van der Waals surface area (Å²) >= 11 is 0. The van der Waals surface area contributed by atoms with Gasteiger partial charge in [0, 0.05) is 0 Å². The van der Waals surface area contributed by atoms with Gasteiger partial charge >= 0.3 is 5.97 Å². The number of carbonyl (C=O) groups excluding carboxylic acids is 1. The summed E-state index contributed by atoms with van der Waals surface area (Å²) in [4.78, 5) is 12.1. The summed E-state index contributed by atoms with van der Waals surface area (Å²) in [7, 11) is 0. The largest absolute Gasteiger partial charge is 0.459 e. The van der Waals surface area contributed by atoms with Crippen LogP contribution in [-0.2, 0) is 9.53 Å². The first-order valence-corrected chi connectivity index (χ1v) is 7.27. The third-order valence-corrected chi connectivity index (χ3v) is 3.13. The molecule has 1 rings (SSSR count). The zero-order chi connectivity index (χ0) is 16.3. The molecule has 0 aliphatic heterocycles. The molecule has 0 heterocycles. The molecule has 0 spiro atoms. The minimum absolute atomic E-state index is 0.375. The average Bonchev–Trinajstić information content (AvgIpc) is 2.29. The van der Waals surface area contributed by atoms with Crippen molar-refractivity contribution in [1.29, 1.82) is 0 Å². The highest BCUT2D eigenvalue weighted by molar-refractivity contribution is 5.80. The lowest BCUT2D eigenvalue weighted by molar-refractivity contribution is -0.160. The summed E-state index contributed by atoms with van der Waals surface area (Å²) in [6, 6.07) is 6.28. The Hall–Kier alpha value is -1.61. The summed E-state index contributed by atoms with van der Waals surface area (Å²) in [5.41, 5.74) is 8.13. The summed E-state index contributed by atoms with van der Waals surface area (Å²) < 4.78 is 5.35. The highest BCUT2D eigenvalue weighted by Gasteiger charge is 2.31. The maximum Gasteiger partial charge on any atom is 0.326 e. The number of rotatable bonds is 4. The Kier molecular flexibility index (Phi) is 5.35. The van der Waals surface area contributed by atoms with Gasteiger partial charge in [-0.15, -0.1) is 0 Å². The fraction of sp³-hybridized carbons (Fsp3) is 0.500. The molecule has 3 heteroatoms. The Labute approximate surface area is 128 Å². The molecule has 1 aromatic rings. The Morgan fingerprint density at radius 1 is 1.24 bits per heavy atom. The Morgan fingerprint density at radius 3 is 2.38 bits per heavy atom. The summed E-state index contributed by atoms with van der Waals surface area (Å²) in [5.74, 6) is -0.375. The number of hydrogen-bond donors (Lipinski definition) is 1. The number of aryl methyl sites for hydroxylation is 2. The van der Waals surface area contributed by atoms with Crippen molar-refractivity contribution < 1.29 is 9.53 Å². The second-order valence-corrected chi connectivity index (χ2v) is 6.89. The fourth-order valence-electron chi connectivity index (χ4n) is 1.92. The van der Waals surface area contributed by atoms with Crippen LogP contribution in [-0.4, -0.2) is 17.1 Å². The molecule has 0 bridgehead atoms. The van der Waals surface area contributed by atoms with E-state index in [1.807, 2.05) is 32.9 Å². The molecule has 0 saturated carbocycles. The van der Waals surface area contributed by atoms with E-state index in [0.29, 0.717) is 6.42 Å².